The molecule has 0 aliphatic rings. The van der Waals surface area contributed by atoms with E-state index in [1.807, 2.05) is 36.4 Å². The molecule has 10 aromatic rings. The van der Waals surface area contributed by atoms with Crippen LogP contribution < -0.4 is 0 Å². The summed E-state index contributed by atoms with van der Waals surface area (Å²) in [6, 6.07) is 68.1. The van der Waals surface area contributed by atoms with E-state index >= 15 is 0 Å². The van der Waals surface area contributed by atoms with Crippen LogP contribution >= 0.6 is 0 Å². The van der Waals surface area contributed by atoms with E-state index in [0.717, 1.165) is 38.9 Å². The lowest BCUT2D eigenvalue weighted by atomic mass is 9.98. The van der Waals surface area contributed by atoms with Gasteiger partial charge in [0.15, 0.2) is 17.5 Å². The third-order valence-corrected chi connectivity index (χ3v) is 10.1. The van der Waals surface area contributed by atoms with Crippen molar-refractivity contribution >= 4 is 32.6 Å². The molecule has 0 unspecified atom stereocenters. The van der Waals surface area contributed by atoms with Crippen LogP contribution in [-0.4, -0.2) is 19.5 Å². The Bertz CT molecular complexity index is 2880. The monoisotopic (exact) mass is 676 g/mol. The molecule has 0 aliphatic carbocycles. The lowest BCUT2D eigenvalue weighted by molar-refractivity contribution is 1.07. The van der Waals surface area contributed by atoms with Gasteiger partial charge in [0.2, 0.25) is 0 Å². The summed E-state index contributed by atoms with van der Waals surface area (Å²) < 4.78 is 2.34. The van der Waals surface area contributed by atoms with Crippen molar-refractivity contribution in [3.8, 4) is 62.1 Å². The fourth-order valence-electron chi connectivity index (χ4n) is 7.46. The zero-order valence-electron chi connectivity index (χ0n) is 28.8. The van der Waals surface area contributed by atoms with Gasteiger partial charge in [-0.05, 0) is 69.4 Å². The SMILES string of the molecule is c1ccc(-c2ccc3cc(-c4nc(-c5ccccc5)nc(-c5ccccc5-c5ccc(-n6c7ccccc7c7ccccc76)cc5)n4)ccc3c2)cc1. The molecule has 0 radical (unpaired) electrons. The quantitative estimate of drug-likeness (QED) is 0.176. The molecule has 0 atom stereocenters. The van der Waals surface area contributed by atoms with Crippen LogP contribution in [0.25, 0.3) is 94.7 Å². The van der Waals surface area contributed by atoms with Gasteiger partial charge in [-0.15, -0.1) is 0 Å². The molecule has 0 fully saturated rings. The molecule has 248 valence electrons. The van der Waals surface area contributed by atoms with Crippen LogP contribution in [0.2, 0.25) is 0 Å². The van der Waals surface area contributed by atoms with Crippen molar-refractivity contribution in [2.75, 3.05) is 0 Å². The number of rotatable bonds is 6. The number of hydrogen-bond donors (Lipinski definition) is 0. The lowest BCUT2D eigenvalue weighted by Gasteiger charge is -2.13. The smallest absolute Gasteiger partial charge is 0.164 e. The van der Waals surface area contributed by atoms with Crippen LogP contribution in [0.4, 0.5) is 0 Å². The lowest BCUT2D eigenvalue weighted by Crippen LogP contribution is -2.01. The molecule has 8 aromatic carbocycles. The van der Waals surface area contributed by atoms with Crippen LogP contribution in [0, 0.1) is 0 Å². The third-order valence-electron chi connectivity index (χ3n) is 10.1. The van der Waals surface area contributed by atoms with Gasteiger partial charge >= 0.3 is 0 Å². The standard InChI is InChI=1S/C49H32N4/c1-3-13-33(14-4-1)36-23-24-38-32-39(26-25-37(38)31-36)48-50-47(35-15-5-2-6-16-35)51-49(52-48)44-20-8-7-17-41(44)34-27-29-40(30-28-34)53-45-21-11-9-18-42(45)43-19-10-12-22-46(43)53/h1-32H. The first-order valence-electron chi connectivity index (χ1n) is 17.9. The first-order chi connectivity index (χ1) is 26.3. The Morgan fingerprint density at radius 2 is 0.774 bits per heavy atom. The fraction of sp³-hybridized carbons (Fsp3) is 0. The number of nitrogens with zero attached hydrogens (tertiary/aromatic N) is 4. The topological polar surface area (TPSA) is 43.6 Å². The van der Waals surface area contributed by atoms with Gasteiger partial charge in [-0.3, -0.25) is 0 Å². The summed E-state index contributed by atoms with van der Waals surface area (Å²) in [6.07, 6.45) is 0. The summed E-state index contributed by atoms with van der Waals surface area (Å²) in [5, 5.41) is 4.80. The predicted molar refractivity (Wildman–Crippen MR) is 219 cm³/mol. The van der Waals surface area contributed by atoms with Gasteiger partial charge in [-0.25, -0.2) is 15.0 Å². The maximum Gasteiger partial charge on any atom is 0.164 e. The Hall–Kier alpha value is -7.17. The van der Waals surface area contributed by atoms with Crippen molar-refractivity contribution < 1.29 is 0 Å². The Labute approximate surface area is 307 Å². The number of para-hydroxylation sites is 2. The normalized spacial score (nSPS) is 11.4. The second-order valence-corrected chi connectivity index (χ2v) is 13.3. The molecule has 0 saturated carbocycles. The molecule has 2 heterocycles. The number of benzene rings is 8. The molecule has 4 heteroatoms. The van der Waals surface area contributed by atoms with Gasteiger partial charge in [-0.2, -0.15) is 0 Å². The fourth-order valence-corrected chi connectivity index (χ4v) is 7.46. The molecule has 0 bridgehead atoms. The highest BCUT2D eigenvalue weighted by Gasteiger charge is 2.17. The number of aromatic nitrogens is 4. The molecule has 2 aromatic heterocycles. The third kappa shape index (κ3) is 5.54. The Morgan fingerprint density at radius 1 is 0.302 bits per heavy atom. The first-order valence-corrected chi connectivity index (χ1v) is 17.9. The summed E-state index contributed by atoms with van der Waals surface area (Å²) in [5.74, 6) is 1.91. The van der Waals surface area contributed by atoms with Crippen LogP contribution in [0.5, 0.6) is 0 Å². The van der Waals surface area contributed by atoms with E-state index in [2.05, 4.69) is 162 Å². The minimum absolute atomic E-state index is 0.635. The van der Waals surface area contributed by atoms with Gasteiger partial charge in [0, 0.05) is 33.2 Å². The summed E-state index contributed by atoms with van der Waals surface area (Å²) in [4.78, 5) is 15.3. The second-order valence-electron chi connectivity index (χ2n) is 13.3. The average molecular weight is 677 g/mol. The van der Waals surface area contributed by atoms with Crippen molar-refractivity contribution in [3.63, 3.8) is 0 Å². The van der Waals surface area contributed by atoms with E-state index in [9.17, 15) is 0 Å². The van der Waals surface area contributed by atoms with Gasteiger partial charge in [0.1, 0.15) is 0 Å². The maximum absolute atomic E-state index is 5.16. The van der Waals surface area contributed by atoms with Gasteiger partial charge in [0.05, 0.1) is 11.0 Å². The van der Waals surface area contributed by atoms with Crippen LogP contribution in [-0.2, 0) is 0 Å². The van der Waals surface area contributed by atoms with Crippen LogP contribution in [0.1, 0.15) is 0 Å². The highest BCUT2D eigenvalue weighted by Crippen LogP contribution is 2.36. The molecule has 10 rings (SSSR count). The molecule has 0 aliphatic heterocycles. The Balaban J connectivity index is 1.07. The van der Waals surface area contributed by atoms with E-state index < -0.39 is 0 Å². The Kier molecular flexibility index (Phi) is 7.43. The molecule has 0 N–H and O–H groups in total. The van der Waals surface area contributed by atoms with Crippen LogP contribution in [0.15, 0.2) is 194 Å². The molecule has 4 nitrogen and oxygen atoms in total. The largest absolute Gasteiger partial charge is 0.309 e. The Morgan fingerprint density at radius 3 is 1.43 bits per heavy atom. The zero-order valence-corrected chi connectivity index (χ0v) is 28.8. The average Bonchev–Trinajstić information content (AvgIpc) is 3.58. The number of hydrogen-bond acceptors (Lipinski definition) is 3. The van der Waals surface area contributed by atoms with Crippen molar-refractivity contribution in [2.24, 2.45) is 0 Å². The highest BCUT2D eigenvalue weighted by molar-refractivity contribution is 6.09. The van der Waals surface area contributed by atoms with E-state index in [4.69, 9.17) is 15.0 Å². The highest BCUT2D eigenvalue weighted by atomic mass is 15.0. The van der Waals surface area contributed by atoms with Crippen molar-refractivity contribution in [1.82, 2.24) is 19.5 Å². The molecule has 0 spiro atoms. The van der Waals surface area contributed by atoms with Crippen molar-refractivity contribution in [1.29, 1.82) is 0 Å². The molecule has 0 amide bonds. The molecular weight excluding hydrogens is 645 g/mol. The molecular formula is C49H32N4. The van der Waals surface area contributed by atoms with Crippen molar-refractivity contribution in [3.05, 3.63) is 194 Å². The zero-order chi connectivity index (χ0) is 35.1. The predicted octanol–water partition coefficient (Wildman–Crippen LogP) is 12.5. The van der Waals surface area contributed by atoms with Crippen molar-refractivity contribution in [2.45, 2.75) is 0 Å². The minimum atomic E-state index is 0.635. The summed E-state index contributed by atoms with van der Waals surface area (Å²) >= 11 is 0. The van der Waals surface area contributed by atoms with E-state index in [1.165, 1.54) is 38.3 Å². The maximum atomic E-state index is 5.16. The van der Waals surface area contributed by atoms with E-state index in [1.54, 1.807) is 0 Å². The molecule has 53 heavy (non-hydrogen) atoms. The summed E-state index contributed by atoms with van der Waals surface area (Å²) in [7, 11) is 0. The minimum Gasteiger partial charge on any atom is -0.309 e. The first kappa shape index (κ1) is 30.6. The van der Waals surface area contributed by atoms with E-state index in [0.29, 0.717) is 17.5 Å². The number of fused-ring (bicyclic) bond motifs is 4. The summed E-state index contributed by atoms with van der Waals surface area (Å²) in [5.41, 5.74) is 10.9. The summed E-state index contributed by atoms with van der Waals surface area (Å²) in [6.45, 7) is 0. The van der Waals surface area contributed by atoms with Gasteiger partial charge < -0.3 is 4.57 Å². The van der Waals surface area contributed by atoms with Gasteiger partial charge in [-0.1, -0.05) is 158 Å². The van der Waals surface area contributed by atoms with Gasteiger partial charge in [0.25, 0.3) is 0 Å². The van der Waals surface area contributed by atoms with E-state index in [-0.39, 0.29) is 0 Å². The second kappa shape index (κ2) is 12.9. The van der Waals surface area contributed by atoms with Crippen LogP contribution in [0.3, 0.4) is 0 Å². The molecule has 0 saturated heterocycles.